The number of hydrogen-bond acceptors (Lipinski definition) is 5. The molecule has 2 heterocycles. The second kappa shape index (κ2) is 16.5. The van der Waals surface area contributed by atoms with Crippen LogP contribution in [0, 0.1) is 11.3 Å². The van der Waals surface area contributed by atoms with E-state index in [-0.39, 0.29) is 0 Å². The van der Waals surface area contributed by atoms with E-state index < -0.39 is 5.41 Å². The van der Waals surface area contributed by atoms with Gasteiger partial charge in [-0.1, -0.05) is 170 Å². The van der Waals surface area contributed by atoms with Gasteiger partial charge in [0, 0.05) is 34.6 Å². The molecule has 1 aliphatic carbocycles. The first-order chi connectivity index (χ1) is 33.1. The Morgan fingerprint density at radius 1 is 0.343 bits per heavy atom. The van der Waals surface area contributed by atoms with Crippen LogP contribution in [-0.2, 0) is 5.41 Å². The third-order valence-electron chi connectivity index (χ3n) is 13.1. The smallest absolute Gasteiger partial charge is 0.164 e. The molecule has 0 saturated carbocycles. The summed E-state index contributed by atoms with van der Waals surface area (Å²) in [6, 6.07) is 81.1. The quantitative estimate of drug-likeness (QED) is 0.152. The zero-order valence-corrected chi connectivity index (χ0v) is 36.3. The van der Waals surface area contributed by atoms with Crippen molar-refractivity contribution in [3.8, 4) is 84.7 Å². The van der Waals surface area contributed by atoms with Gasteiger partial charge in [-0.15, -0.1) is 0 Å². The van der Waals surface area contributed by atoms with E-state index in [9.17, 15) is 5.26 Å². The number of hydrogen-bond donors (Lipinski definition) is 0. The monoisotopic (exact) mass is 853 g/mol. The molecule has 5 nitrogen and oxygen atoms in total. The minimum Gasteiger partial charge on any atom is -0.264 e. The predicted molar refractivity (Wildman–Crippen MR) is 270 cm³/mol. The molecule has 1 atom stereocenters. The second-order valence-electron chi connectivity index (χ2n) is 17.0. The fraction of sp³-hybridized carbons (Fsp3) is 0.0161. The maximum absolute atomic E-state index is 9.91. The maximum Gasteiger partial charge on any atom is 0.164 e. The standard InChI is InChI=1S/C62H39N5/c63-39-41-22-29-54(30-23-41)62(53-20-8-3-9-21-53)57-38-48(28-31-55(57)56-36-46-17-10-11-18-47(46)37-58(56)62)50-33-51(49-19-12-32-64-40-49)35-52(34-50)61-66-59(44-15-6-2-7-16-44)65-60(67-61)45-26-24-43(25-27-45)42-13-4-1-5-14-42/h1-38,40H. The van der Waals surface area contributed by atoms with E-state index in [4.69, 9.17) is 15.0 Å². The average Bonchev–Trinajstić information content (AvgIpc) is 3.70. The number of nitrogens with zero attached hydrogens (tertiary/aromatic N) is 5. The Kier molecular flexibility index (Phi) is 9.70. The molecule has 12 rings (SSSR count). The lowest BCUT2D eigenvalue weighted by Crippen LogP contribution is -2.28. The molecule has 9 aromatic carbocycles. The molecule has 1 aliphatic rings. The van der Waals surface area contributed by atoms with Crippen LogP contribution < -0.4 is 0 Å². The first kappa shape index (κ1) is 39.5. The highest BCUT2D eigenvalue weighted by Gasteiger charge is 2.46. The average molecular weight is 854 g/mol. The van der Waals surface area contributed by atoms with Gasteiger partial charge >= 0.3 is 0 Å². The topological polar surface area (TPSA) is 75.3 Å². The van der Waals surface area contributed by atoms with Crippen LogP contribution in [0.5, 0.6) is 0 Å². The van der Waals surface area contributed by atoms with E-state index in [1.807, 2.05) is 60.8 Å². The normalized spacial score (nSPS) is 13.7. The van der Waals surface area contributed by atoms with Crippen LogP contribution in [0.15, 0.2) is 237 Å². The summed E-state index contributed by atoms with van der Waals surface area (Å²) in [6.45, 7) is 0. The van der Waals surface area contributed by atoms with Crippen LogP contribution in [0.25, 0.3) is 89.4 Å². The molecular weight excluding hydrogens is 815 g/mol. The minimum absolute atomic E-state index is 0.569. The lowest BCUT2D eigenvalue weighted by molar-refractivity contribution is 0.769. The molecule has 0 bridgehead atoms. The summed E-state index contributed by atoms with van der Waals surface area (Å²) in [5.41, 5.74) is 15.9. The Bertz CT molecular complexity index is 3660. The van der Waals surface area contributed by atoms with Gasteiger partial charge in [0.1, 0.15) is 0 Å². The predicted octanol–water partition coefficient (Wildman–Crippen LogP) is 14.7. The Hall–Kier alpha value is -9.11. The second-order valence-corrected chi connectivity index (χ2v) is 17.0. The third kappa shape index (κ3) is 6.96. The van der Waals surface area contributed by atoms with Crippen molar-refractivity contribution in [1.29, 1.82) is 5.26 Å². The van der Waals surface area contributed by atoms with E-state index >= 15 is 0 Å². The van der Waals surface area contributed by atoms with Gasteiger partial charge in [0.2, 0.25) is 0 Å². The van der Waals surface area contributed by atoms with Crippen LogP contribution in [-0.4, -0.2) is 19.9 Å². The zero-order valence-electron chi connectivity index (χ0n) is 36.3. The summed E-state index contributed by atoms with van der Waals surface area (Å²) in [5, 5.41) is 12.3. The van der Waals surface area contributed by atoms with Crippen LogP contribution in [0.2, 0.25) is 0 Å². The highest BCUT2D eigenvalue weighted by atomic mass is 15.0. The fourth-order valence-electron chi connectivity index (χ4n) is 9.88. The lowest BCUT2D eigenvalue weighted by atomic mass is 9.67. The SMILES string of the molecule is N#Cc1ccc(C2(c3ccccc3)c3cc(-c4cc(-c5cccnc5)cc(-c5nc(-c6ccccc6)nc(-c6ccc(-c7ccccc7)cc6)n5)c4)ccc3-c3cc4ccccc4cc32)cc1. The number of fused-ring (bicyclic) bond motifs is 4. The van der Waals surface area contributed by atoms with Crippen molar-refractivity contribution in [2.24, 2.45) is 0 Å². The zero-order chi connectivity index (χ0) is 44.7. The van der Waals surface area contributed by atoms with Gasteiger partial charge < -0.3 is 0 Å². The van der Waals surface area contributed by atoms with Crippen molar-refractivity contribution >= 4 is 10.8 Å². The van der Waals surface area contributed by atoms with Crippen molar-refractivity contribution < 1.29 is 0 Å². The molecule has 0 N–H and O–H groups in total. The Labute approximate surface area is 389 Å². The van der Waals surface area contributed by atoms with Crippen molar-refractivity contribution in [2.45, 2.75) is 5.41 Å². The van der Waals surface area contributed by atoms with Crippen molar-refractivity contribution in [3.05, 3.63) is 265 Å². The number of pyridine rings is 1. The summed E-state index contributed by atoms with van der Waals surface area (Å²) in [6.07, 6.45) is 3.70. The third-order valence-corrected chi connectivity index (χ3v) is 13.1. The first-order valence-electron chi connectivity index (χ1n) is 22.4. The Balaban J connectivity index is 1.08. The molecule has 0 saturated heterocycles. The van der Waals surface area contributed by atoms with Crippen LogP contribution in [0.4, 0.5) is 0 Å². The molecule has 0 aliphatic heterocycles. The summed E-state index contributed by atoms with van der Waals surface area (Å²) in [5.74, 6) is 1.76. The van der Waals surface area contributed by atoms with E-state index in [0.29, 0.717) is 23.0 Å². The Morgan fingerprint density at radius 2 is 0.836 bits per heavy atom. The highest BCUT2D eigenvalue weighted by Crippen LogP contribution is 2.57. The number of benzene rings is 9. The molecule has 1 unspecified atom stereocenters. The summed E-state index contributed by atoms with van der Waals surface area (Å²) in [4.78, 5) is 20.0. The molecule has 0 amide bonds. The molecular formula is C62H39N5. The van der Waals surface area contributed by atoms with Crippen LogP contribution >= 0.6 is 0 Å². The van der Waals surface area contributed by atoms with Gasteiger partial charge in [0.25, 0.3) is 0 Å². The van der Waals surface area contributed by atoms with Gasteiger partial charge in [-0.2, -0.15) is 5.26 Å². The summed E-state index contributed by atoms with van der Waals surface area (Å²) in [7, 11) is 0. The minimum atomic E-state index is -0.687. The number of rotatable bonds is 8. The van der Waals surface area contributed by atoms with E-state index in [1.54, 1.807) is 6.20 Å². The molecule has 0 radical (unpaired) electrons. The van der Waals surface area contributed by atoms with Crippen LogP contribution in [0.1, 0.15) is 27.8 Å². The summed E-state index contributed by atoms with van der Waals surface area (Å²) < 4.78 is 0. The Morgan fingerprint density at radius 3 is 1.49 bits per heavy atom. The summed E-state index contributed by atoms with van der Waals surface area (Å²) >= 11 is 0. The molecule has 5 heteroatoms. The van der Waals surface area contributed by atoms with Gasteiger partial charge in [0.15, 0.2) is 17.5 Å². The molecule has 0 spiro atoms. The molecule has 11 aromatic rings. The largest absolute Gasteiger partial charge is 0.264 e. The highest BCUT2D eigenvalue weighted by molar-refractivity contribution is 5.97. The fourth-order valence-corrected chi connectivity index (χ4v) is 9.88. The van der Waals surface area contributed by atoms with Crippen molar-refractivity contribution in [2.75, 3.05) is 0 Å². The van der Waals surface area contributed by atoms with E-state index in [0.717, 1.165) is 61.2 Å². The van der Waals surface area contributed by atoms with Gasteiger partial charge in [-0.25, -0.2) is 15.0 Å². The van der Waals surface area contributed by atoms with E-state index in [2.05, 4.69) is 181 Å². The number of aromatic nitrogens is 4. The lowest BCUT2D eigenvalue weighted by Gasteiger charge is -2.34. The van der Waals surface area contributed by atoms with Crippen molar-refractivity contribution in [1.82, 2.24) is 19.9 Å². The molecule has 2 aromatic heterocycles. The maximum atomic E-state index is 9.91. The molecule has 0 fully saturated rings. The van der Waals surface area contributed by atoms with Gasteiger partial charge in [0.05, 0.1) is 17.0 Å². The molecule has 67 heavy (non-hydrogen) atoms. The first-order valence-corrected chi connectivity index (χ1v) is 22.4. The molecule has 312 valence electrons. The van der Waals surface area contributed by atoms with E-state index in [1.165, 1.54) is 33.0 Å². The number of nitriles is 1. The van der Waals surface area contributed by atoms with Crippen molar-refractivity contribution in [3.63, 3.8) is 0 Å². The van der Waals surface area contributed by atoms with Gasteiger partial charge in [-0.3, -0.25) is 4.98 Å². The van der Waals surface area contributed by atoms with Crippen LogP contribution in [0.3, 0.4) is 0 Å². The van der Waals surface area contributed by atoms with Gasteiger partial charge in [-0.05, 0) is 127 Å².